The maximum atomic E-state index is 11.2. The highest BCUT2D eigenvalue weighted by Gasteiger charge is 2.21. The minimum atomic E-state index is -0.753. The number of aliphatic hydroxyl groups is 3. The summed E-state index contributed by atoms with van der Waals surface area (Å²) < 4.78 is 0.0371. The van der Waals surface area contributed by atoms with Crippen molar-refractivity contribution in [2.75, 3.05) is 44.1 Å². The van der Waals surface area contributed by atoms with Crippen LogP contribution in [0.3, 0.4) is 0 Å². The lowest BCUT2D eigenvalue weighted by Crippen LogP contribution is -2.15. The predicted molar refractivity (Wildman–Crippen MR) is 310 cm³/mol. The number of aliphatic carboxylic acids is 2. The summed E-state index contributed by atoms with van der Waals surface area (Å²) in [5.74, 6) is 2.05. The quantitative estimate of drug-likeness (QED) is 0.0238. The number of carbonyl (C=O) groups is 3. The van der Waals surface area contributed by atoms with Crippen LogP contribution in [0.5, 0.6) is 0 Å². The Morgan fingerprint density at radius 1 is 0.683 bits per heavy atom. The smallest absolute Gasteiger partial charge is 0.303 e. The standard InChI is InChI=1S/C12H24O2S2.C10H20O3S2.C9H13NOS2.C6H12O2S.CH5N.CH4.S5.S2/c1-4-11(14)7-8-12(2,3)16-15-10-6-5-9-13;1-10(2,6-5-9(12)13)15-14-8-4-3-7-11;11-7-3-4-8-12-13-9-5-1-2-6-10-9;1-6(2,9)4-3-5(7)8;1-2;;1-3-5-4-2;1-2/h13H,4-10H2,1-3H3;11H,3-8H2,1-2H3,(H,12,13);1-2,5-6,11H,3-4,7-8H2;9H,3-4H2,1-2H3,(H,7,8);2H2,1H3;1H4;;. The molecule has 0 saturated heterocycles. The molecule has 1 aromatic rings. The van der Waals surface area contributed by atoms with Crippen molar-refractivity contribution in [1.29, 1.82) is 0 Å². The summed E-state index contributed by atoms with van der Waals surface area (Å²) >= 11 is 20.4. The van der Waals surface area contributed by atoms with Crippen LogP contribution in [0.1, 0.15) is 139 Å². The van der Waals surface area contributed by atoms with E-state index in [9.17, 15) is 14.4 Å². The van der Waals surface area contributed by atoms with E-state index in [0.717, 1.165) is 67.2 Å². The third-order valence-electron chi connectivity index (χ3n) is 6.61. The van der Waals surface area contributed by atoms with Gasteiger partial charge in [-0.25, -0.2) is 4.98 Å². The molecule has 0 fully saturated rings. The summed E-state index contributed by atoms with van der Waals surface area (Å²) in [6.45, 7) is 15.1. The Bertz CT molecular complexity index is 1270. The van der Waals surface area contributed by atoms with Crippen LogP contribution in [-0.2, 0) is 85.8 Å². The topological polar surface area (TPSA) is 191 Å². The average Bonchev–Trinajstić information content (AvgIpc) is 3.24. The molecule has 24 heteroatoms. The highest BCUT2D eigenvalue weighted by atomic mass is 33.3. The second kappa shape index (κ2) is 59.7. The van der Waals surface area contributed by atoms with Gasteiger partial charge in [0.15, 0.2) is 0 Å². The molecule has 0 atom stereocenters. The third kappa shape index (κ3) is 80.9. The van der Waals surface area contributed by atoms with Gasteiger partial charge in [0.25, 0.3) is 0 Å². The number of ketones is 1. The number of aromatic nitrogens is 1. The SMILES string of the molecule is C.CC(C)(CCC(=O)O)SSCCCCO.CC(C)(S)CCC(=O)O.CCC(=O)CCC(C)(C)SSCCCCO.CN.OCCCCSSc1ccccn1.S=S.S=S=S=S=S. The maximum Gasteiger partial charge on any atom is 0.303 e. The van der Waals surface area contributed by atoms with E-state index in [1.807, 2.05) is 60.6 Å². The Balaban J connectivity index is -0.000000126. The van der Waals surface area contributed by atoms with Gasteiger partial charge < -0.3 is 31.3 Å². The number of hydrogen-bond donors (Lipinski definition) is 7. The van der Waals surface area contributed by atoms with E-state index in [1.165, 1.54) is 33.7 Å². The van der Waals surface area contributed by atoms with Crippen LogP contribution in [-0.4, -0.2) is 107 Å². The van der Waals surface area contributed by atoms with E-state index >= 15 is 0 Å². The largest absolute Gasteiger partial charge is 0.481 e. The van der Waals surface area contributed by atoms with Crippen molar-refractivity contribution >= 4 is 167 Å². The number of nitrogens with zero attached hydrogens (tertiary/aromatic N) is 1. The predicted octanol–water partition coefficient (Wildman–Crippen LogP) is 10.8. The average molecular weight is 1150 g/mol. The molecule has 0 aliphatic carbocycles. The fourth-order valence-corrected chi connectivity index (χ4v) is 13.6. The summed E-state index contributed by atoms with van der Waals surface area (Å²) in [6, 6.07) is 5.91. The van der Waals surface area contributed by atoms with Gasteiger partial charge in [0, 0.05) is 155 Å². The maximum absolute atomic E-state index is 11.2. The van der Waals surface area contributed by atoms with E-state index in [4.69, 9.17) is 25.5 Å². The lowest BCUT2D eigenvalue weighted by atomic mass is 10.0. The summed E-state index contributed by atoms with van der Waals surface area (Å²) in [7, 11) is 16.2. The highest BCUT2D eigenvalue weighted by Crippen LogP contribution is 2.40. The van der Waals surface area contributed by atoms with Crippen LogP contribution in [0.25, 0.3) is 0 Å². The van der Waals surface area contributed by atoms with Gasteiger partial charge in [-0.3, -0.25) is 14.4 Å². The third-order valence-corrected chi connectivity index (χ3v) is 20.5. The summed E-state index contributed by atoms with van der Waals surface area (Å²) in [5.41, 5.74) is 4.50. The van der Waals surface area contributed by atoms with Crippen molar-refractivity contribution in [1.82, 2.24) is 4.98 Å². The summed E-state index contributed by atoms with van der Waals surface area (Å²) in [4.78, 5) is 35.8. The Morgan fingerprint density at radius 3 is 1.38 bits per heavy atom. The molecule has 0 spiro atoms. The van der Waals surface area contributed by atoms with Crippen molar-refractivity contribution in [2.45, 2.75) is 159 Å². The Hall–Kier alpha value is 1.59. The first-order chi connectivity index (χ1) is 29.3. The fraction of sp³-hybridized carbons (Fsp3) is 0.795. The normalized spacial score (nSPS) is 10.1. The molecule has 10 nitrogen and oxygen atoms in total. The van der Waals surface area contributed by atoms with Crippen molar-refractivity contribution < 1.29 is 39.9 Å². The van der Waals surface area contributed by atoms with Gasteiger partial charge in [-0.15, -0.1) is 0 Å². The molecule has 0 aliphatic heterocycles. The zero-order chi connectivity index (χ0) is 49.1. The Kier molecular flexibility index (Phi) is 74.6. The van der Waals surface area contributed by atoms with Crippen molar-refractivity contribution in [2.24, 2.45) is 5.73 Å². The molecule has 0 aliphatic rings. The van der Waals surface area contributed by atoms with E-state index in [-0.39, 0.29) is 41.1 Å². The van der Waals surface area contributed by atoms with E-state index < -0.39 is 11.9 Å². The molecular formula is C39H78N2O8S14. The molecule has 0 saturated carbocycles. The number of hydrogen-bond acceptors (Lipinski definition) is 19. The zero-order valence-corrected chi connectivity index (χ0v) is 49.0. The lowest BCUT2D eigenvalue weighted by Gasteiger charge is -2.22. The molecule has 7 N–H and O–H groups in total. The van der Waals surface area contributed by atoms with Crippen LogP contribution in [0.15, 0.2) is 29.4 Å². The second-order valence-corrected chi connectivity index (χ2v) is 29.1. The van der Waals surface area contributed by atoms with Gasteiger partial charge in [0.2, 0.25) is 0 Å². The monoisotopic (exact) mass is 1150 g/mol. The highest BCUT2D eigenvalue weighted by molar-refractivity contribution is 8.77. The number of unbranched alkanes of at least 4 members (excludes halogenated alkanes) is 3. The second-order valence-electron chi connectivity index (χ2n) is 13.9. The fourth-order valence-electron chi connectivity index (χ4n) is 3.25. The molecule has 0 unspecified atom stereocenters. The first-order valence-electron chi connectivity index (χ1n) is 19.6. The van der Waals surface area contributed by atoms with Crippen LogP contribution in [0.2, 0.25) is 0 Å². The molecule has 0 amide bonds. The van der Waals surface area contributed by atoms with Crippen LogP contribution in [0, 0.1) is 0 Å². The minimum Gasteiger partial charge on any atom is -0.481 e. The molecule has 1 aromatic heterocycles. The minimum absolute atomic E-state index is 0. The number of rotatable bonds is 28. The summed E-state index contributed by atoms with van der Waals surface area (Å²) in [5, 5.41) is 43.7. The van der Waals surface area contributed by atoms with Gasteiger partial charge in [0.1, 0.15) is 10.8 Å². The van der Waals surface area contributed by atoms with Crippen molar-refractivity contribution in [3.8, 4) is 0 Å². The molecule has 1 heterocycles. The Morgan fingerprint density at radius 2 is 1.08 bits per heavy atom. The number of Topliss-reactive ketones (excluding diaryl/α,β-unsaturated/α-hetero) is 1. The van der Waals surface area contributed by atoms with Gasteiger partial charge in [-0.1, -0.05) is 88.2 Å². The summed E-state index contributed by atoms with van der Waals surface area (Å²) in [6.07, 6.45) is 11.7. The number of carboxylic acids is 2. The number of aliphatic hydroxyl groups excluding tert-OH is 3. The molecular weight excluding hydrogens is 1070 g/mol. The van der Waals surface area contributed by atoms with E-state index in [1.54, 1.807) is 49.4 Å². The Labute approximate surface area is 439 Å². The van der Waals surface area contributed by atoms with E-state index in [0.29, 0.717) is 44.7 Å². The molecule has 376 valence electrons. The van der Waals surface area contributed by atoms with Crippen LogP contribution < -0.4 is 5.73 Å². The number of carbonyl (C=O) groups excluding carboxylic acids is 1. The van der Waals surface area contributed by atoms with Crippen molar-refractivity contribution in [3.63, 3.8) is 0 Å². The van der Waals surface area contributed by atoms with Gasteiger partial charge >= 0.3 is 11.9 Å². The van der Waals surface area contributed by atoms with Crippen LogP contribution in [0.4, 0.5) is 0 Å². The van der Waals surface area contributed by atoms with E-state index in [2.05, 4.69) is 95.8 Å². The zero-order valence-electron chi connectivity index (χ0n) is 37.5. The first-order valence-corrected chi connectivity index (χ1v) is 33.6. The van der Waals surface area contributed by atoms with Gasteiger partial charge in [-0.2, -0.15) is 12.6 Å². The molecule has 63 heavy (non-hydrogen) atoms. The number of nitrogens with two attached hydrogens (primary N) is 1. The lowest BCUT2D eigenvalue weighted by molar-refractivity contribution is -0.138. The van der Waals surface area contributed by atoms with Gasteiger partial charge in [0.05, 0.1) is 0 Å². The number of thiol groups is 1. The van der Waals surface area contributed by atoms with Crippen molar-refractivity contribution in [3.05, 3.63) is 24.4 Å². The molecule has 0 bridgehead atoms. The van der Waals surface area contributed by atoms with Gasteiger partial charge in [-0.05, 0) is 115 Å². The molecule has 0 radical (unpaired) electrons. The molecule has 0 aromatic carbocycles. The number of carboxylic acid groups (broad SMARTS) is 2. The first kappa shape index (κ1) is 78.7. The number of pyridine rings is 1. The molecule has 1 rings (SSSR count). The van der Waals surface area contributed by atoms with Crippen LogP contribution >= 0.6 is 77.4 Å².